The van der Waals surface area contributed by atoms with Crippen molar-refractivity contribution in [3.8, 4) is 0 Å². The zero-order valence-electron chi connectivity index (χ0n) is 15.1. The van der Waals surface area contributed by atoms with Crippen LogP contribution in [0.5, 0.6) is 0 Å². The molecule has 0 saturated heterocycles. The second-order valence-corrected chi connectivity index (χ2v) is 8.94. The van der Waals surface area contributed by atoms with Crippen LogP contribution in [-0.2, 0) is 14.8 Å². The zero-order valence-corrected chi connectivity index (χ0v) is 16.0. The molecule has 2 aliphatic carbocycles. The molecule has 2 fully saturated rings. The summed E-state index contributed by atoms with van der Waals surface area (Å²) < 4.78 is 27.3. The second kappa shape index (κ2) is 7.37. The van der Waals surface area contributed by atoms with Gasteiger partial charge in [-0.3, -0.25) is 9.59 Å². The van der Waals surface area contributed by atoms with Crippen LogP contribution in [-0.4, -0.2) is 26.3 Å². The molecule has 2 aliphatic rings. The number of carbonyl (C=O) groups excluding carboxylic acids is 2. The van der Waals surface area contributed by atoms with Crippen molar-refractivity contribution in [3.63, 3.8) is 0 Å². The summed E-state index contributed by atoms with van der Waals surface area (Å²) in [6.45, 7) is 0. The van der Waals surface area contributed by atoms with E-state index in [0.717, 1.165) is 25.7 Å². The van der Waals surface area contributed by atoms with Crippen LogP contribution in [0.4, 0.5) is 11.4 Å². The van der Waals surface area contributed by atoms with Gasteiger partial charge in [-0.1, -0.05) is 12.1 Å². The van der Waals surface area contributed by atoms with Crippen LogP contribution in [0, 0.1) is 5.92 Å². The van der Waals surface area contributed by atoms with Gasteiger partial charge in [-0.2, -0.15) is 0 Å². The minimum atomic E-state index is -3.63. The van der Waals surface area contributed by atoms with Crippen LogP contribution < -0.4 is 15.4 Å². The van der Waals surface area contributed by atoms with Gasteiger partial charge in [0.05, 0.1) is 4.90 Å². The summed E-state index contributed by atoms with van der Waals surface area (Å²) in [5.41, 5.74) is 1.37. The third-order valence-corrected chi connectivity index (χ3v) is 6.16. The van der Waals surface area contributed by atoms with E-state index in [2.05, 4.69) is 15.4 Å². The van der Waals surface area contributed by atoms with Crippen LogP contribution in [0.2, 0.25) is 0 Å². The van der Waals surface area contributed by atoms with Gasteiger partial charge in [-0.15, -0.1) is 0 Å². The molecule has 0 aliphatic heterocycles. The van der Waals surface area contributed by atoms with Crippen molar-refractivity contribution in [2.45, 2.75) is 36.6 Å². The monoisotopic (exact) mass is 399 g/mol. The van der Waals surface area contributed by atoms with Gasteiger partial charge in [0.1, 0.15) is 0 Å². The Morgan fingerprint density at radius 3 is 2.21 bits per heavy atom. The van der Waals surface area contributed by atoms with Crippen molar-refractivity contribution < 1.29 is 18.0 Å². The minimum absolute atomic E-state index is 0.00364. The first-order valence-electron chi connectivity index (χ1n) is 9.25. The van der Waals surface area contributed by atoms with Gasteiger partial charge < -0.3 is 10.6 Å². The van der Waals surface area contributed by atoms with Gasteiger partial charge >= 0.3 is 0 Å². The number of hydrogen-bond donors (Lipinski definition) is 3. The molecule has 0 heterocycles. The fourth-order valence-electron chi connectivity index (χ4n) is 2.76. The minimum Gasteiger partial charge on any atom is -0.326 e. The van der Waals surface area contributed by atoms with Crippen molar-refractivity contribution in [2.75, 3.05) is 10.6 Å². The molecule has 2 amide bonds. The summed E-state index contributed by atoms with van der Waals surface area (Å²) in [4.78, 5) is 24.5. The van der Waals surface area contributed by atoms with Crippen molar-refractivity contribution in [1.29, 1.82) is 0 Å². The number of benzene rings is 2. The first kappa shape index (κ1) is 18.6. The Labute approximate surface area is 163 Å². The standard InChI is InChI=1S/C20H21N3O4S/c24-19(13-7-8-13)21-16-4-2-5-17(12-16)22-20(25)14-3-1-6-18(11-14)28(26,27)23-15-9-10-15/h1-6,11-13,15,23H,7-10H2,(H,21,24)(H,22,25). The largest absolute Gasteiger partial charge is 0.326 e. The highest BCUT2D eigenvalue weighted by atomic mass is 32.2. The predicted octanol–water partition coefficient (Wildman–Crippen LogP) is 2.73. The number of anilines is 2. The average molecular weight is 399 g/mol. The molecule has 0 unspecified atom stereocenters. The van der Waals surface area contributed by atoms with Crippen LogP contribution >= 0.6 is 0 Å². The molecular formula is C20H21N3O4S. The number of sulfonamides is 1. The van der Waals surface area contributed by atoms with Gasteiger partial charge in [-0.25, -0.2) is 13.1 Å². The van der Waals surface area contributed by atoms with E-state index in [1.807, 2.05) is 0 Å². The van der Waals surface area contributed by atoms with Crippen molar-refractivity contribution >= 4 is 33.2 Å². The second-order valence-electron chi connectivity index (χ2n) is 7.22. The molecular weight excluding hydrogens is 378 g/mol. The fraction of sp³-hybridized carbons (Fsp3) is 0.300. The average Bonchev–Trinajstić information content (AvgIpc) is 3.56. The summed E-state index contributed by atoms with van der Waals surface area (Å²) in [6.07, 6.45) is 3.51. The van der Waals surface area contributed by atoms with Crippen molar-refractivity contribution in [3.05, 3.63) is 54.1 Å². The maximum Gasteiger partial charge on any atom is 0.255 e. The highest BCUT2D eigenvalue weighted by Gasteiger charge is 2.30. The molecule has 2 aromatic rings. The molecule has 146 valence electrons. The van der Waals surface area contributed by atoms with E-state index in [4.69, 9.17) is 0 Å². The highest BCUT2D eigenvalue weighted by Crippen LogP contribution is 2.30. The van der Waals surface area contributed by atoms with Crippen LogP contribution in [0.1, 0.15) is 36.0 Å². The van der Waals surface area contributed by atoms with Crippen molar-refractivity contribution in [1.82, 2.24) is 4.72 Å². The maximum atomic E-state index is 12.6. The van der Waals surface area contributed by atoms with Crippen LogP contribution in [0.25, 0.3) is 0 Å². The third kappa shape index (κ3) is 4.58. The molecule has 0 atom stereocenters. The Bertz CT molecular complexity index is 1030. The molecule has 2 aromatic carbocycles. The molecule has 2 saturated carbocycles. The Morgan fingerprint density at radius 1 is 0.857 bits per heavy atom. The van der Waals surface area contributed by atoms with E-state index in [-0.39, 0.29) is 28.3 Å². The van der Waals surface area contributed by atoms with Gasteiger partial charge in [0.25, 0.3) is 5.91 Å². The lowest BCUT2D eigenvalue weighted by molar-refractivity contribution is -0.117. The number of hydrogen-bond acceptors (Lipinski definition) is 4. The van der Waals surface area contributed by atoms with E-state index < -0.39 is 15.9 Å². The highest BCUT2D eigenvalue weighted by molar-refractivity contribution is 7.89. The first-order valence-corrected chi connectivity index (χ1v) is 10.7. The van der Waals surface area contributed by atoms with Gasteiger partial charge in [0, 0.05) is 28.9 Å². The molecule has 8 heteroatoms. The third-order valence-electron chi connectivity index (χ3n) is 4.64. The molecule has 0 bridgehead atoms. The van der Waals surface area contributed by atoms with Gasteiger partial charge in [0.2, 0.25) is 15.9 Å². The summed E-state index contributed by atoms with van der Waals surface area (Å²) in [6, 6.07) is 12.8. The topological polar surface area (TPSA) is 104 Å². The van der Waals surface area contributed by atoms with Crippen LogP contribution in [0.15, 0.2) is 53.4 Å². The number of rotatable bonds is 7. The van der Waals surface area contributed by atoms with E-state index in [1.165, 1.54) is 12.1 Å². The maximum absolute atomic E-state index is 12.6. The molecule has 0 spiro atoms. The smallest absolute Gasteiger partial charge is 0.255 e. The lowest BCUT2D eigenvalue weighted by Gasteiger charge is -2.10. The van der Waals surface area contributed by atoms with Crippen LogP contribution in [0.3, 0.4) is 0 Å². The SMILES string of the molecule is O=C(Nc1cccc(NC(=O)C2CC2)c1)c1cccc(S(=O)(=O)NC2CC2)c1. The summed E-state index contributed by atoms with van der Waals surface area (Å²) >= 11 is 0. The lowest BCUT2D eigenvalue weighted by atomic mass is 10.2. The molecule has 28 heavy (non-hydrogen) atoms. The number of carbonyl (C=O) groups is 2. The van der Waals surface area contributed by atoms with E-state index in [1.54, 1.807) is 36.4 Å². The van der Waals surface area contributed by atoms with E-state index >= 15 is 0 Å². The Hall–Kier alpha value is -2.71. The summed E-state index contributed by atoms with van der Waals surface area (Å²) in [5, 5.41) is 5.58. The number of amides is 2. The van der Waals surface area contributed by atoms with Crippen molar-refractivity contribution in [2.24, 2.45) is 5.92 Å². The molecule has 0 aromatic heterocycles. The molecule has 3 N–H and O–H groups in total. The Morgan fingerprint density at radius 2 is 1.54 bits per heavy atom. The zero-order chi connectivity index (χ0) is 19.7. The fourth-order valence-corrected chi connectivity index (χ4v) is 4.11. The molecule has 0 radical (unpaired) electrons. The summed E-state index contributed by atoms with van der Waals surface area (Å²) in [7, 11) is -3.63. The van der Waals surface area contributed by atoms with E-state index in [0.29, 0.717) is 11.4 Å². The predicted molar refractivity (Wildman–Crippen MR) is 106 cm³/mol. The quantitative estimate of drug-likeness (QED) is 0.666. The van der Waals surface area contributed by atoms with Gasteiger partial charge in [0.15, 0.2) is 0 Å². The summed E-state index contributed by atoms with van der Waals surface area (Å²) in [5.74, 6) is -0.342. The Balaban J connectivity index is 1.46. The Kier molecular flexibility index (Phi) is 4.91. The molecule has 4 rings (SSSR count). The van der Waals surface area contributed by atoms with E-state index in [9.17, 15) is 18.0 Å². The molecule has 7 nitrogen and oxygen atoms in total. The van der Waals surface area contributed by atoms with Gasteiger partial charge in [-0.05, 0) is 62.1 Å². The first-order chi connectivity index (χ1) is 13.4. The number of nitrogens with one attached hydrogen (secondary N) is 3. The lowest BCUT2D eigenvalue weighted by Crippen LogP contribution is -2.26. The normalized spacial score (nSPS) is 16.4.